The average Bonchev–Trinajstić information content (AvgIpc) is 3.23. The molecule has 248 valence electrons. The molecular formula is C42H56N3Zr-5. The Labute approximate surface area is 301 Å². The number of hydrogen-bond acceptors (Lipinski definition) is 1. The van der Waals surface area contributed by atoms with Gasteiger partial charge < -0.3 is 15.8 Å². The largest absolute Gasteiger partial charge is 0.682 e. The van der Waals surface area contributed by atoms with Crippen LogP contribution in [0.25, 0.3) is 10.7 Å². The van der Waals surface area contributed by atoms with E-state index in [2.05, 4.69) is 66.7 Å². The maximum Gasteiger partial charge on any atom is 0 e. The summed E-state index contributed by atoms with van der Waals surface area (Å²) in [6.45, 7) is 20.2. The van der Waals surface area contributed by atoms with Gasteiger partial charge in [0.25, 0.3) is 0 Å². The van der Waals surface area contributed by atoms with Crippen molar-refractivity contribution in [3.8, 4) is 0 Å². The predicted molar refractivity (Wildman–Crippen MR) is 198 cm³/mol. The fourth-order valence-electron chi connectivity index (χ4n) is 5.11. The van der Waals surface area contributed by atoms with Crippen LogP contribution in [-0.4, -0.2) is 31.2 Å². The molecule has 46 heavy (non-hydrogen) atoms. The summed E-state index contributed by atoms with van der Waals surface area (Å²) in [5.41, 5.74) is 12.1. The van der Waals surface area contributed by atoms with Crippen LogP contribution in [0.2, 0.25) is 0 Å². The van der Waals surface area contributed by atoms with Crippen molar-refractivity contribution >= 4 is 5.69 Å². The van der Waals surface area contributed by atoms with E-state index in [0.29, 0.717) is 23.9 Å². The van der Waals surface area contributed by atoms with Crippen molar-refractivity contribution in [1.29, 1.82) is 0 Å². The second-order valence-corrected chi connectivity index (χ2v) is 12.4. The van der Waals surface area contributed by atoms with Crippen LogP contribution in [0.4, 0.5) is 5.69 Å². The molecule has 5 rings (SSSR count). The predicted octanol–water partition coefficient (Wildman–Crippen LogP) is 12.1. The molecule has 2 atom stereocenters. The third-order valence-electron chi connectivity index (χ3n) is 7.49. The zero-order chi connectivity index (χ0) is 33.0. The first-order chi connectivity index (χ1) is 21.6. The van der Waals surface area contributed by atoms with Gasteiger partial charge in [-0.2, -0.15) is 73.9 Å². The zero-order valence-electron chi connectivity index (χ0n) is 29.2. The average molecular weight is 694 g/mol. The van der Waals surface area contributed by atoms with Crippen LogP contribution < -0.4 is 0 Å². The molecule has 0 amide bonds. The van der Waals surface area contributed by atoms with Crippen molar-refractivity contribution in [2.24, 2.45) is 0 Å². The Hall–Kier alpha value is -2.91. The summed E-state index contributed by atoms with van der Waals surface area (Å²) in [5, 5.41) is 7.30. The van der Waals surface area contributed by atoms with Crippen molar-refractivity contribution < 1.29 is 26.2 Å². The topological polar surface area (TPSA) is 31.4 Å². The minimum Gasteiger partial charge on any atom is -0.682 e. The third kappa shape index (κ3) is 16.6. The number of hydrogen-bond donors (Lipinski definition) is 0. The zero-order valence-corrected chi connectivity index (χ0v) is 31.7. The van der Waals surface area contributed by atoms with E-state index in [1.807, 2.05) is 110 Å². The molecule has 3 nitrogen and oxygen atoms in total. The van der Waals surface area contributed by atoms with Gasteiger partial charge in [0.15, 0.2) is 0 Å². The maximum absolute atomic E-state index is 5.33. The van der Waals surface area contributed by atoms with Gasteiger partial charge in [0.05, 0.1) is 0 Å². The van der Waals surface area contributed by atoms with E-state index in [4.69, 9.17) is 10.7 Å². The van der Waals surface area contributed by atoms with E-state index in [-0.39, 0.29) is 26.2 Å². The molecular weight excluding hydrogens is 638 g/mol. The van der Waals surface area contributed by atoms with E-state index in [0.717, 1.165) is 29.5 Å². The summed E-state index contributed by atoms with van der Waals surface area (Å²) >= 11 is 0. The molecule has 0 saturated heterocycles. The van der Waals surface area contributed by atoms with Gasteiger partial charge in [-0.1, -0.05) is 107 Å². The van der Waals surface area contributed by atoms with Crippen molar-refractivity contribution in [3.05, 3.63) is 169 Å². The summed E-state index contributed by atoms with van der Waals surface area (Å²) in [7, 11) is 4.06. The molecule has 2 unspecified atom stereocenters. The van der Waals surface area contributed by atoms with Gasteiger partial charge in [0, 0.05) is 26.2 Å². The van der Waals surface area contributed by atoms with E-state index >= 15 is 0 Å². The summed E-state index contributed by atoms with van der Waals surface area (Å²) < 4.78 is 0. The van der Waals surface area contributed by atoms with Gasteiger partial charge >= 0.3 is 0 Å². The van der Waals surface area contributed by atoms with Crippen LogP contribution in [0.15, 0.2) is 109 Å². The molecule has 1 aliphatic rings. The normalized spacial score (nSPS) is 15.5. The van der Waals surface area contributed by atoms with Crippen LogP contribution >= 0.6 is 0 Å². The first-order valence-corrected chi connectivity index (χ1v) is 16.4. The van der Waals surface area contributed by atoms with Crippen LogP contribution in [0, 0.1) is 20.8 Å². The Bertz CT molecular complexity index is 1180. The number of rotatable bonds is 6. The molecule has 1 aliphatic carbocycles. The molecule has 0 aliphatic heterocycles. The minimum atomic E-state index is 0. The fourth-order valence-corrected chi connectivity index (χ4v) is 5.11. The molecule has 0 spiro atoms. The van der Waals surface area contributed by atoms with Crippen LogP contribution in [0.1, 0.15) is 99.5 Å². The summed E-state index contributed by atoms with van der Waals surface area (Å²) in [6, 6.07) is 37.0. The van der Waals surface area contributed by atoms with Crippen molar-refractivity contribution in [2.75, 3.05) is 14.1 Å². The van der Waals surface area contributed by atoms with Crippen LogP contribution in [0.3, 0.4) is 0 Å². The van der Waals surface area contributed by atoms with Crippen LogP contribution in [-0.2, 0) is 26.2 Å². The summed E-state index contributed by atoms with van der Waals surface area (Å²) in [6.07, 6.45) is 6.18. The Morgan fingerprint density at radius 1 is 0.543 bits per heavy atom. The molecule has 0 aromatic heterocycles. The minimum absolute atomic E-state index is 0. The molecule has 0 radical (unpaired) electrons. The van der Waals surface area contributed by atoms with Crippen molar-refractivity contribution in [3.63, 3.8) is 0 Å². The molecule has 4 heteroatoms. The Balaban J connectivity index is 0.000000385. The van der Waals surface area contributed by atoms with Gasteiger partial charge in [-0.25, -0.2) is 0 Å². The SMILES string of the molecule is CC(C)c1cccc(C(C)C)c1[N-]C1CCCCCC1[N-]N(C)C.[CH2-]c1ccccc1.[CH2-]c1ccccc1.[CH2-]c1ccccc1.[Zr]. The molecule has 0 N–H and O–H groups in total. The maximum atomic E-state index is 5.33. The Morgan fingerprint density at radius 2 is 0.913 bits per heavy atom. The van der Waals surface area contributed by atoms with Crippen LogP contribution in [0.5, 0.6) is 0 Å². The van der Waals surface area contributed by atoms with Crippen molar-refractivity contribution in [2.45, 2.75) is 83.7 Å². The molecule has 1 fully saturated rings. The van der Waals surface area contributed by atoms with Gasteiger partial charge in [-0.05, 0) is 25.9 Å². The molecule has 0 heterocycles. The molecule has 1 saturated carbocycles. The first-order valence-electron chi connectivity index (χ1n) is 16.4. The number of benzene rings is 4. The second kappa shape index (κ2) is 23.4. The third-order valence-corrected chi connectivity index (χ3v) is 7.49. The van der Waals surface area contributed by atoms with Gasteiger partial charge in [-0.3, -0.25) is 0 Å². The second-order valence-electron chi connectivity index (χ2n) is 12.4. The monoisotopic (exact) mass is 692 g/mol. The summed E-state index contributed by atoms with van der Waals surface area (Å²) in [4.78, 5) is 0. The summed E-state index contributed by atoms with van der Waals surface area (Å²) in [5.74, 6) is 0.995. The van der Waals surface area contributed by atoms with E-state index < -0.39 is 0 Å². The van der Waals surface area contributed by atoms with Crippen molar-refractivity contribution in [1.82, 2.24) is 5.01 Å². The Morgan fingerprint density at radius 3 is 1.22 bits per heavy atom. The smallest absolute Gasteiger partial charge is 0 e. The fraction of sp³-hybridized carbons (Fsp3) is 0.357. The number of para-hydroxylation sites is 1. The quantitative estimate of drug-likeness (QED) is 0.112. The number of nitrogens with zero attached hydrogens (tertiary/aromatic N) is 3. The van der Waals surface area contributed by atoms with E-state index in [1.54, 1.807) is 0 Å². The first kappa shape index (κ1) is 41.1. The molecule has 4 aromatic rings. The van der Waals surface area contributed by atoms with Gasteiger partial charge in [-0.15, -0.1) is 54.2 Å². The van der Waals surface area contributed by atoms with E-state index in [1.165, 1.54) is 36.1 Å². The molecule has 0 bridgehead atoms. The van der Waals surface area contributed by atoms with Gasteiger partial charge in [0.1, 0.15) is 0 Å². The standard InChI is InChI=1S/C21H35N3.3C7H7.Zr/c1-15(2)17-11-10-12-18(16(3)4)21(17)22-19-13-8-7-9-14-20(19)23-24(5)6;3*1-7-5-3-2-4-6-7;/h10-12,15-16,19-20H,7-9,13-14H2,1-6H3;3*2-6H,1H2;/q-2;3*-1;. The van der Waals surface area contributed by atoms with Gasteiger partial charge in [0.2, 0.25) is 0 Å². The Kier molecular flexibility index (Phi) is 20.9. The van der Waals surface area contributed by atoms with E-state index in [9.17, 15) is 0 Å². The molecule has 4 aromatic carbocycles.